The van der Waals surface area contributed by atoms with Crippen molar-refractivity contribution in [1.29, 1.82) is 0 Å². The van der Waals surface area contributed by atoms with Gasteiger partial charge in [0, 0.05) is 27.8 Å². The van der Waals surface area contributed by atoms with Gasteiger partial charge < -0.3 is 10.1 Å². The van der Waals surface area contributed by atoms with E-state index in [2.05, 4.69) is 31.2 Å². The molecule has 1 N–H and O–H groups in total. The van der Waals surface area contributed by atoms with Crippen molar-refractivity contribution in [2.45, 2.75) is 18.9 Å². The van der Waals surface area contributed by atoms with E-state index >= 15 is 0 Å². The number of pyridine rings is 1. The number of nitrogens with zero attached hydrogens (tertiary/aromatic N) is 2. The number of thiazole rings is 1. The molecule has 1 aromatic carbocycles. The molecule has 3 aromatic rings. The number of hydrogen-bond donors (Lipinski definition) is 1. The predicted molar refractivity (Wildman–Crippen MR) is 111 cm³/mol. The van der Waals surface area contributed by atoms with Crippen molar-refractivity contribution in [3.63, 3.8) is 0 Å². The second-order valence-corrected chi connectivity index (χ2v) is 7.79. The first-order valence-electron chi connectivity index (χ1n) is 8.51. The number of aromatic nitrogens is 2. The van der Waals surface area contributed by atoms with E-state index in [1.54, 1.807) is 12.4 Å². The topological polar surface area (TPSA) is 81.2 Å². The van der Waals surface area contributed by atoms with E-state index in [1.165, 1.54) is 18.4 Å². The lowest BCUT2D eigenvalue weighted by Gasteiger charge is -2.18. The van der Waals surface area contributed by atoms with E-state index in [0.717, 1.165) is 20.6 Å². The Hall–Kier alpha value is -2.58. The lowest BCUT2D eigenvalue weighted by molar-refractivity contribution is -0.141. The quantitative estimate of drug-likeness (QED) is 0.541. The zero-order valence-electron chi connectivity index (χ0n) is 15.1. The van der Waals surface area contributed by atoms with Gasteiger partial charge in [-0.3, -0.25) is 14.6 Å². The third kappa shape index (κ3) is 5.46. The second-order valence-electron chi connectivity index (χ2n) is 6.01. The second kappa shape index (κ2) is 9.57. The largest absolute Gasteiger partial charge is 0.469 e. The summed E-state index contributed by atoms with van der Waals surface area (Å²) >= 11 is 4.85. The highest BCUT2D eigenvalue weighted by Crippen LogP contribution is 2.24. The molecule has 0 saturated heterocycles. The summed E-state index contributed by atoms with van der Waals surface area (Å²) in [6.07, 6.45) is 3.63. The molecule has 2 heterocycles. The summed E-state index contributed by atoms with van der Waals surface area (Å²) in [7, 11) is 1.33. The van der Waals surface area contributed by atoms with Crippen LogP contribution in [0.2, 0.25) is 0 Å². The minimum absolute atomic E-state index is 0.0574. The molecule has 0 fully saturated rings. The Morgan fingerprint density at radius 3 is 2.71 bits per heavy atom. The molecular formula is C20H18BrN3O3S. The molecule has 144 valence electrons. The summed E-state index contributed by atoms with van der Waals surface area (Å²) < 4.78 is 5.68. The Morgan fingerprint density at radius 2 is 2.04 bits per heavy atom. The number of carbonyl (C=O) groups excluding carboxylic acids is 2. The number of amides is 1. The molecule has 2 aromatic heterocycles. The number of esters is 1. The molecule has 3 rings (SSSR count). The van der Waals surface area contributed by atoms with Crippen molar-refractivity contribution in [3.05, 3.63) is 69.9 Å². The normalized spacial score (nSPS) is 11.6. The van der Waals surface area contributed by atoms with Gasteiger partial charge in [-0.15, -0.1) is 11.3 Å². The lowest BCUT2D eigenvalue weighted by atomic mass is 10.0. The van der Waals surface area contributed by atoms with Crippen molar-refractivity contribution in [1.82, 2.24) is 15.3 Å². The molecule has 0 aliphatic carbocycles. The number of rotatable bonds is 7. The molecular weight excluding hydrogens is 442 g/mol. The van der Waals surface area contributed by atoms with E-state index in [-0.39, 0.29) is 24.7 Å². The Balaban J connectivity index is 1.69. The lowest BCUT2D eigenvalue weighted by Crippen LogP contribution is -2.31. The maximum atomic E-state index is 12.6. The van der Waals surface area contributed by atoms with Gasteiger partial charge in [-0.2, -0.15) is 0 Å². The minimum atomic E-state index is -0.468. The van der Waals surface area contributed by atoms with Crippen LogP contribution in [0.15, 0.2) is 58.6 Å². The van der Waals surface area contributed by atoms with Crippen LogP contribution in [0, 0.1) is 0 Å². The molecule has 1 amide bonds. The Bertz CT molecular complexity index is 945. The summed E-state index contributed by atoms with van der Waals surface area (Å²) in [5, 5.41) is 5.59. The van der Waals surface area contributed by atoms with Crippen LogP contribution in [-0.2, 0) is 20.7 Å². The standard InChI is InChI=1S/C20H18BrN3O3S/c1-27-19(26)10-17(13-4-6-15(21)7-5-13)24-18(25)9-16-12-28-20(23-16)14-3-2-8-22-11-14/h2-8,11-12,17H,9-10H2,1H3,(H,24,25). The summed E-state index contributed by atoms with van der Waals surface area (Å²) in [6, 6.07) is 10.8. The van der Waals surface area contributed by atoms with Crippen LogP contribution in [0.5, 0.6) is 0 Å². The third-order valence-electron chi connectivity index (χ3n) is 4.01. The number of nitrogens with one attached hydrogen (secondary N) is 1. The van der Waals surface area contributed by atoms with Gasteiger partial charge in [0.15, 0.2) is 0 Å². The molecule has 6 nitrogen and oxygen atoms in total. The molecule has 8 heteroatoms. The molecule has 28 heavy (non-hydrogen) atoms. The number of ether oxygens (including phenoxy) is 1. The zero-order chi connectivity index (χ0) is 19.9. The van der Waals surface area contributed by atoms with Crippen molar-refractivity contribution in [2.24, 2.45) is 0 Å². The van der Waals surface area contributed by atoms with Crippen molar-refractivity contribution >= 4 is 39.1 Å². The van der Waals surface area contributed by atoms with Gasteiger partial charge in [0.1, 0.15) is 5.01 Å². The molecule has 0 spiro atoms. The zero-order valence-corrected chi connectivity index (χ0v) is 17.5. The van der Waals surface area contributed by atoms with Gasteiger partial charge in [-0.25, -0.2) is 4.98 Å². The highest BCUT2D eigenvalue weighted by Gasteiger charge is 2.20. The van der Waals surface area contributed by atoms with Crippen LogP contribution in [0.25, 0.3) is 10.6 Å². The van der Waals surface area contributed by atoms with Gasteiger partial charge in [-0.05, 0) is 29.8 Å². The van der Waals surface area contributed by atoms with Gasteiger partial charge in [0.25, 0.3) is 0 Å². The van der Waals surface area contributed by atoms with Crippen LogP contribution < -0.4 is 5.32 Å². The van der Waals surface area contributed by atoms with E-state index in [9.17, 15) is 9.59 Å². The van der Waals surface area contributed by atoms with E-state index in [1.807, 2.05) is 41.8 Å². The summed E-state index contributed by atoms with van der Waals surface area (Å²) in [6.45, 7) is 0. The average Bonchev–Trinajstić information content (AvgIpc) is 3.17. The third-order valence-corrected chi connectivity index (χ3v) is 5.48. The summed E-state index contributed by atoms with van der Waals surface area (Å²) in [5.74, 6) is -0.597. The van der Waals surface area contributed by atoms with Gasteiger partial charge in [0.2, 0.25) is 5.91 Å². The number of hydrogen-bond acceptors (Lipinski definition) is 6. The average molecular weight is 460 g/mol. The Morgan fingerprint density at radius 1 is 1.25 bits per heavy atom. The van der Waals surface area contributed by atoms with E-state index in [0.29, 0.717) is 5.69 Å². The van der Waals surface area contributed by atoms with E-state index in [4.69, 9.17) is 4.74 Å². The number of carbonyl (C=O) groups is 2. The van der Waals surface area contributed by atoms with Crippen molar-refractivity contribution in [2.75, 3.05) is 7.11 Å². The van der Waals surface area contributed by atoms with Gasteiger partial charge in [-0.1, -0.05) is 28.1 Å². The first kappa shape index (κ1) is 20.2. The van der Waals surface area contributed by atoms with Crippen LogP contribution in [0.3, 0.4) is 0 Å². The monoisotopic (exact) mass is 459 g/mol. The number of halogens is 1. The van der Waals surface area contributed by atoms with Crippen molar-refractivity contribution < 1.29 is 14.3 Å². The fourth-order valence-electron chi connectivity index (χ4n) is 2.62. The van der Waals surface area contributed by atoms with Crippen LogP contribution >= 0.6 is 27.3 Å². The van der Waals surface area contributed by atoms with Crippen LogP contribution in [-0.4, -0.2) is 29.0 Å². The summed E-state index contributed by atoms with van der Waals surface area (Å²) in [5.41, 5.74) is 2.42. The molecule has 0 saturated carbocycles. The molecule has 0 bridgehead atoms. The molecule has 0 radical (unpaired) electrons. The first-order valence-corrected chi connectivity index (χ1v) is 10.2. The number of methoxy groups -OCH3 is 1. The van der Waals surface area contributed by atoms with Crippen molar-refractivity contribution in [3.8, 4) is 10.6 Å². The van der Waals surface area contributed by atoms with Gasteiger partial charge >= 0.3 is 5.97 Å². The molecule has 1 unspecified atom stereocenters. The predicted octanol–water partition coefficient (Wildman–Crippen LogP) is 3.93. The molecule has 0 aliphatic heterocycles. The van der Waals surface area contributed by atoms with Crippen LogP contribution in [0.1, 0.15) is 23.7 Å². The molecule has 0 aliphatic rings. The fraction of sp³-hybridized carbons (Fsp3) is 0.200. The highest BCUT2D eigenvalue weighted by atomic mass is 79.9. The van der Waals surface area contributed by atoms with Crippen LogP contribution in [0.4, 0.5) is 0 Å². The SMILES string of the molecule is COC(=O)CC(NC(=O)Cc1csc(-c2cccnc2)n1)c1ccc(Br)cc1. The Labute approximate surface area is 175 Å². The maximum Gasteiger partial charge on any atom is 0.307 e. The maximum absolute atomic E-state index is 12.6. The minimum Gasteiger partial charge on any atom is -0.469 e. The van der Waals surface area contributed by atoms with Gasteiger partial charge in [0.05, 0.1) is 31.7 Å². The highest BCUT2D eigenvalue weighted by molar-refractivity contribution is 9.10. The number of benzene rings is 1. The fourth-order valence-corrected chi connectivity index (χ4v) is 3.69. The summed E-state index contributed by atoms with van der Waals surface area (Å²) in [4.78, 5) is 32.9. The Kier molecular flexibility index (Phi) is 6.89. The first-order chi connectivity index (χ1) is 13.5. The smallest absolute Gasteiger partial charge is 0.307 e. The van der Waals surface area contributed by atoms with E-state index < -0.39 is 6.04 Å². The molecule has 1 atom stereocenters.